The standard InChI is InChI=1S/C52H85N3O15P2/c1-3-5-7-9-11-13-15-17-19-20-21-22-24-25-27-29-31-33-35-37-47(56)65-41-44(68-48(57)38-36-34-32-30-28-26-23-18-16-14-12-10-8-6-4-2)42-66-71(61,62)70-72(63,64)67-43-45-49(58)50(59)51(69-45)55-40-39-46(53)54-52(55)60/h5,7,11,13-14,16-17,19,21-22,25,27,39-40,44-45,49-51,58-59H,3-4,6,8-10,12,15,18,20,23-24,26,28-38,41-43H2,1-2H3,(H,61,62)(H,63,64)(H2,53,54,60)/b7-5-,13-11-,16-14-,19-17-,22-21-,27-25-/t44-,45-,49+,50?,51-/m1/s1. The van der Waals surface area contributed by atoms with Gasteiger partial charge in [0.1, 0.15) is 30.7 Å². The highest BCUT2D eigenvalue weighted by Crippen LogP contribution is 2.60. The largest absolute Gasteiger partial charge is 0.481 e. The normalized spacial score (nSPS) is 19.6. The molecule has 1 aromatic rings. The van der Waals surface area contributed by atoms with Gasteiger partial charge in [-0.3, -0.25) is 23.2 Å². The van der Waals surface area contributed by atoms with E-state index < -0.39 is 83.7 Å². The molecular weight excluding hydrogens is 969 g/mol. The van der Waals surface area contributed by atoms with Gasteiger partial charge in [-0.1, -0.05) is 145 Å². The van der Waals surface area contributed by atoms with E-state index in [-0.39, 0.29) is 18.7 Å². The van der Waals surface area contributed by atoms with Crippen molar-refractivity contribution in [3.8, 4) is 0 Å². The van der Waals surface area contributed by atoms with Crippen LogP contribution in [0, 0.1) is 0 Å². The zero-order valence-electron chi connectivity index (χ0n) is 42.7. The molecule has 2 rings (SSSR count). The number of unbranched alkanes of at least 4 members (excludes halogenated alkanes) is 14. The van der Waals surface area contributed by atoms with Gasteiger partial charge >= 0.3 is 33.3 Å². The number of carbonyl (C=O) groups excluding carboxylic acids is 2. The van der Waals surface area contributed by atoms with Crippen LogP contribution in [-0.2, 0) is 46.3 Å². The van der Waals surface area contributed by atoms with Crippen LogP contribution >= 0.6 is 15.6 Å². The molecule has 0 amide bonds. The number of aliphatic hydroxyl groups excluding tert-OH is 2. The Bertz CT molecular complexity index is 1990. The van der Waals surface area contributed by atoms with Gasteiger partial charge in [0.25, 0.3) is 0 Å². The lowest BCUT2D eigenvalue weighted by molar-refractivity contribution is -0.161. The third-order valence-electron chi connectivity index (χ3n) is 11.3. The molecule has 1 aliphatic heterocycles. The fourth-order valence-electron chi connectivity index (χ4n) is 7.27. The van der Waals surface area contributed by atoms with Crippen molar-refractivity contribution in [3.05, 3.63) is 95.7 Å². The minimum Gasteiger partial charge on any atom is -0.462 e. The van der Waals surface area contributed by atoms with Crippen LogP contribution in [0.15, 0.2) is 90.0 Å². The molecule has 3 unspecified atom stereocenters. The number of anilines is 1. The molecule has 0 radical (unpaired) electrons. The fraction of sp³-hybridized carbons (Fsp3) is 0.654. The van der Waals surface area contributed by atoms with Gasteiger partial charge in [0.15, 0.2) is 12.3 Å². The summed E-state index contributed by atoms with van der Waals surface area (Å²) in [5.74, 6) is -1.34. The second kappa shape index (κ2) is 39.6. The first-order valence-corrected chi connectivity index (χ1v) is 28.9. The van der Waals surface area contributed by atoms with Gasteiger partial charge in [-0.05, 0) is 89.5 Å². The Kier molecular flexibility index (Phi) is 35.4. The first-order valence-electron chi connectivity index (χ1n) is 25.9. The molecule has 0 bridgehead atoms. The second-order valence-electron chi connectivity index (χ2n) is 17.6. The highest BCUT2D eigenvalue weighted by molar-refractivity contribution is 7.61. The zero-order valence-corrected chi connectivity index (χ0v) is 44.5. The minimum absolute atomic E-state index is 0.0342. The number of esters is 2. The van der Waals surface area contributed by atoms with Crippen LogP contribution in [0.25, 0.3) is 0 Å². The Balaban J connectivity index is 1.81. The van der Waals surface area contributed by atoms with Crippen LogP contribution in [0.4, 0.5) is 5.82 Å². The number of nitrogens with two attached hydrogens (primary N) is 1. The quantitative estimate of drug-likeness (QED) is 0.0176. The molecule has 0 aromatic carbocycles. The first-order chi connectivity index (χ1) is 34.7. The number of aromatic nitrogens is 2. The Morgan fingerprint density at radius 1 is 0.681 bits per heavy atom. The molecule has 1 aliphatic rings. The number of phosphoric acid groups is 2. The number of phosphoric ester groups is 2. The Labute approximate surface area is 427 Å². The highest BCUT2D eigenvalue weighted by Gasteiger charge is 2.46. The maximum absolute atomic E-state index is 12.9. The van der Waals surface area contributed by atoms with Gasteiger partial charge in [-0.25, -0.2) is 13.9 Å². The summed E-state index contributed by atoms with van der Waals surface area (Å²) in [6.07, 6.45) is 41.2. The Morgan fingerprint density at radius 2 is 1.17 bits per heavy atom. The van der Waals surface area contributed by atoms with Crippen LogP contribution in [0.2, 0.25) is 0 Å². The molecule has 18 nitrogen and oxygen atoms in total. The maximum Gasteiger partial charge on any atom is 0.481 e. The molecule has 20 heteroatoms. The van der Waals surface area contributed by atoms with Gasteiger partial charge in [0.2, 0.25) is 0 Å². The summed E-state index contributed by atoms with van der Waals surface area (Å²) in [7, 11) is -10.9. The summed E-state index contributed by atoms with van der Waals surface area (Å²) in [6, 6.07) is 1.25. The minimum atomic E-state index is -5.43. The number of hydrogen-bond donors (Lipinski definition) is 5. The number of nitrogens with zero attached hydrogens (tertiary/aromatic N) is 2. The van der Waals surface area contributed by atoms with Gasteiger partial charge in [-0.2, -0.15) is 9.29 Å². The third kappa shape index (κ3) is 31.7. The average Bonchev–Trinajstić information content (AvgIpc) is 3.62. The lowest BCUT2D eigenvalue weighted by Gasteiger charge is -2.21. The predicted octanol–water partition coefficient (Wildman–Crippen LogP) is 10.9. The van der Waals surface area contributed by atoms with E-state index in [0.717, 1.165) is 113 Å². The summed E-state index contributed by atoms with van der Waals surface area (Å²) in [5.41, 5.74) is 4.59. The Hall–Kier alpha value is -3.80. The van der Waals surface area contributed by atoms with Crippen molar-refractivity contribution in [2.75, 3.05) is 25.6 Å². The number of aliphatic hydroxyl groups is 2. The molecule has 1 saturated heterocycles. The smallest absolute Gasteiger partial charge is 0.462 e. The second-order valence-corrected chi connectivity index (χ2v) is 20.7. The van der Waals surface area contributed by atoms with Gasteiger partial charge < -0.3 is 39.9 Å². The van der Waals surface area contributed by atoms with Crippen molar-refractivity contribution in [2.45, 2.75) is 199 Å². The molecule has 0 saturated carbocycles. The van der Waals surface area contributed by atoms with E-state index in [0.29, 0.717) is 12.8 Å². The lowest BCUT2D eigenvalue weighted by Crippen LogP contribution is -2.36. The van der Waals surface area contributed by atoms with Crippen LogP contribution in [0.1, 0.15) is 174 Å². The molecule has 2 heterocycles. The summed E-state index contributed by atoms with van der Waals surface area (Å²) < 4.78 is 56.8. The van der Waals surface area contributed by atoms with Gasteiger partial charge in [0.05, 0.1) is 13.2 Å². The SMILES string of the molecule is CC/C=C\C/C=C\C/C=C\C/C=C\C/C=C\CCCCCC(=O)OC[C@H](COP(=O)(O)OP(=O)(O)OC[C@H]1O[C@@H](n2ccc(N)nc2=O)C(O)[C@H]1O)OC(=O)CCCCCCCCC/C=C\CCCCCC. The number of hydrogen-bond acceptors (Lipinski definition) is 15. The molecule has 0 aliphatic carbocycles. The summed E-state index contributed by atoms with van der Waals surface area (Å²) in [6.45, 7) is 1.99. The van der Waals surface area contributed by atoms with Crippen LogP contribution in [-0.4, -0.2) is 85.7 Å². The topological polar surface area (TPSA) is 265 Å². The first kappa shape index (κ1) is 64.3. The molecule has 0 spiro atoms. The number of nitrogen functional groups attached to an aromatic ring is 1. The molecule has 1 fully saturated rings. The molecule has 7 atom stereocenters. The van der Waals surface area contributed by atoms with Crippen LogP contribution in [0.5, 0.6) is 0 Å². The fourth-order valence-corrected chi connectivity index (χ4v) is 9.38. The molecule has 408 valence electrons. The van der Waals surface area contributed by atoms with Gasteiger partial charge in [0, 0.05) is 19.0 Å². The highest BCUT2D eigenvalue weighted by atomic mass is 31.3. The van der Waals surface area contributed by atoms with Crippen molar-refractivity contribution in [3.63, 3.8) is 0 Å². The predicted molar refractivity (Wildman–Crippen MR) is 279 cm³/mol. The Morgan fingerprint density at radius 3 is 1.74 bits per heavy atom. The van der Waals surface area contributed by atoms with E-state index in [1.54, 1.807) is 0 Å². The van der Waals surface area contributed by atoms with E-state index in [1.807, 2.05) is 0 Å². The van der Waals surface area contributed by atoms with Gasteiger partial charge in [-0.15, -0.1) is 0 Å². The summed E-state index contributed by atoms with van der Waals surface area (Å²) in [4.78, 5) is 61.9. The monoisotopic (exact) mass is 1050 g/mol. The van der Waals surface area contributed by atoms with E-state index >= 15 is 0 Å². The van der Waals surface area contributed by atoms with Crippen molar-refractivity contribution >= 4 is 33.4 Å². The van der Waals surface area contributed by atoms with E-state index in [2.05, 4.69) is 96.1 Å². The lowest BCUT2D eigenvalue weighted by atomic mass is 10.1. The number of ether oxygens (including phenoxy) is 3. The number of rotatable bonds is 42. The molecule has 72 heavy (non-hydrogen) atoms. The number of allylic oxidation sites excluding steroid dienone is 12. The van der Waals surface area contributed by atoms with Crippen molar-refractivity contribution in [1.29, 1.82) is 0 Å². The molecular formula is C52H85N3O15P2. The zero-order chi connectivity index (χ0) is 52.7. The average molecular weight is 1050 g/mol. The third-order valence-corrected chi connectivity index (χ3v) is 13.9. The van der Waals surface area contributed by atoms with Crippen molar-refractivity contribution < 1.29 is 66.3 Å². The molecule has 6 N–H and O–H groups in total. The summed E-state index contributed by atoms with van der Waals surface area (Å²) >= 11 is 0. The summed E-state index contributed by atoms with van der Waals surface area (Å²) in [5, 5.41) is 20.9. The van der Waals surface area contributed by atoms with Crippen molar-refractivity contribution in [1.82, 2.24) is 9.55 Å². The van der Waals surface area contributed by atoms with Crippen molar-refractivity contribution in [2.24, 2.45) is 0 Å². The van der Waals surface area contributed by atoms with E-state index in [9.17, 15) is 43.5 Å². The van der Waals surface area contributed by atoms with E-state index in [1.165, 1.54) is 31.7 Å². The van der Waals surface area contributed by atoms with E-state index in [4.69, 9.17) is 29.0 Å². The van der Waals surface area contributed by atoms with Crippen LogP contribution < -0.4 is 11.4 Å². The number of carbonyl (C=O) groups is 2. The molecule has 1 aromatic heterocycles. The maximum atomic E-state index is 12.9. The van der Waals surface area contributed by atoms with Crippen LogP contribution in [0.3, 0.4) is 0 Å².